The van der Waals surface area contributed by atoms with Crippen molar-refractivity contribution in [1.82, 2.24) is 20.9 Å². The van der Waals surface area contributed by atoms with Crippen molar-refractivity contribution in [3.8, 4) is 5.75 Å². The Morgan fingerprint density at radius 2 is 1.83 bits per heavy atom. The van der Waals surface area contributed by atoms with Crippen LogP contribution in [0.4, 0.5) is 4.39 Å². The molecule has 10 heteroatoms. The Morgan fingerprint density at radius 1 is 1.14 bits per heavy atom. The van der Waals surface area contributed by atoms with Crippen molar-refractivity contribution < 1.29 is 23.5 Å². The highest BCUT2D eigenvalue weighted by molar-refractivity contribution is 6.30. The molecule has 1 saturated carbocycles. The van der Waals surface area contributed by atoms with Gasteiger partial charge in [-0.3, -0.25) is 9.59 Å². The molecule has 1 aliphatic carbocycles. The summed E-state index contributed by atoms with van der Waals surface area (Å²) in [5.74, 6) is 0.200. The average molecular weight is 607 g/mol. The van der Waals surface area contributed by atoms with Gasteiger partial charge in [-0.25, -0.2) is 4.39 Å². The lowest BCUT2D eigenvalue weighted by Crippen LogP contribution is -2.52. The highest BCUT2D eigenvalue weighted by atomic mass is 35.5. The molecule has 2 amide bonds. The first kappa shape index (κ1) is 37.0. The highest BCUT2D eigenvalue weighted by Crippen LogP contribution is 2.30. The first-order chi connectivity index (χ1) is 20.2. The van der Waals surface area contributed by atoms with E-state index in [9.17, 15) is 18.8 Å². The van der Waals surface area contributed by atoms with Crippen molar-refractivity contribution in [2.24, 2.45) is 5.92 Å². The Bertz CT molecular complexity index is 1050. The molecule has 0 heterocycles. The van der Waals surface area contributed by atoms with E-state index in [-0.39, 0.29) is 49.3 Å². The van der Waals surface area contributed by atoms with E-state index < -0.39 is 0 Å². The number of ether oxygens (including phenoxy) is 1. The number of rotatable bonds is 15. The highest BCUT2D eigenvalue weighted by Gasteiger charge is 2.33. The first-order valence-corrected chi connectivity index (χ1v) is 15.1. The van der Waals surface area contributed by atoms with Gasteiger partial charge in [-0.05, 0) is 69.3 Å². The van der Waals surface area contributed by atoms with Crippen LogP contribution in [-0.4, -0.2) is 75.9 Å². The van der Waals surface area contributed by atoms with Crippen molar-refractivity contribution in [3.63, 3.8) is 0 Å². The van der Waals surface area contributed by atoms with Gasteiger partial charge in [0.1, 0.15) is 24.5 Å². The number of likely N-dealkylation sites (N-methyl/N-ethyl adjacent to an activating group) is 2. The standard InChI is InChI=1S/C23H35FN4O4.C7H7Cl.C2H6/c1-25-16-21(30)26-10-4-7-17-8-9-19(24)15-20(17)32-14-11-27-22(18-5-3-6-18)23(31)28(2)12-13-29;1-6-2-4-7(8)5-3-6;1-2/h8-9,13,15,18,22,25,27H,3-7,10-12,14,16H2,1-2H3,(H,26,30);2-5H,1H3;1-2H3. The molecule has 0 saturated heterocycles. The third-order valence-corrected chi connectivity index (χ3v) is 6.91. The van der Waals surface area contributed by atoms with Gasteiger partial charge in [0.25, 0.3) is 0 Å². The second-order valence-corrected chi connectivity index (χ2v) is 10.3. The summed E-state index contributed by atoms with van der Waals surface area (Å²) in [5.41, 5.74) is 2.11. The molecule has 8 nitrogen and oxygen atoms in total. The number of hydrogen-bond donors (Lipinski definition) is 3. The van der Waals surface area contributed by atoms with Gasteiger partial charge in [-0.2, -0.15) is 0 Å². The molecular formula is C32H48ClFN4O4. The van der Waals surface area contributed by atoms with Crippen LogP contribution in [0.2, 0.25) is 5.02 Å². The molecule has 234 valence electrons. The molecule has 0 aliphatic heterocycles. The third kappa shape index (κ3) is 14.2. The number of halogens is 2. The molecule has 0 spiro atoms. The van der Waals surface area contributed by atoms with Crippen LogP contribution in [0, 0.1) is 18.7 Å². The zero-order valence-electron chi connectivity index (χ0n) is 25.7. The van der Waals surface area contributed by atoms with Crippen molar-refractivity contribution >= 4 is 29.7 Å². The number of carbonyl (C=O) groups is 3. The SMILES string of the molecule is CC.CNCC(=O)NCCCc1ccc(F)cc1OCCNC(C(=O)N(C)CC=O)C1CCC1.Cc1ccc(Cl)cc1. The van der Waals surface area contributed by atoms with Gasteiger partial charge >= 0.3 is 0 Å². The van der Waals surface area contributed by atoms with Crippen LogP contribution in [0.15, 0.2) is 42.5 Å². The second kappa shape index (κ2) is 21.7. The monoisotopic (exact) mass is 606 g/mol. The minimum absolute atomic E-state index is 0.0662. The van der Waals surface area contributed by atoms with Crippen LogP contribution in [0.25, 0.3) is 0 Å². The maximum Gasteiger partial charge on any atom is 0.240 e. The molecule has 1 aliphatic rings. The fourth-order valence-corrected chi connectivity index (χ4v) is 4.30. The Balaban J connectivity index is 0.000000748. The largest absolute Gasteiger partial charge is 0.492 e. The zero-order valence-corrected chi connectivity index (χ0v) is 26.4. The van der Waals surface area contributed by atoms with Crippen molar-refractivity contribution in [2.45, 2.75) is 58.9 Å². The normalized spacial score (nSPS) is 12.8. The first-order valence-electron chi connectivity index (χ1n) is 14.7. The fourth-order valence-electron chi connectivity index (χ4n) is 4.18. The molecule has 2 aromatic rings. The van der Waals surface area contributed by atoms with Crippen LogP contribution in [0.1, 0.15) is 50.7 Å². The molecular weight excluding hydrogens is 559 g/mol. The van der Waals surface area contributed by atoms with Gasteiger partial charge in [0, 0.05) is 31.2 Å². The molecule has 0 bridgehead atoms. The molecule has 0 radical (unpaired) electrons. The Labute approximate surface area is 255 Å². The van der Waals surface area contributed by atoms with Crippen molar-refractivity contribution in [3.05, 3.63) is 64.4 Å². The number of aldehydes is 1. The summed E-state index contributed by atoms with van der Waals surface area (Å²) >= 11 is 5.61. The van der Waals surface area contributed by atoms with E-state index in [4.69, 9.17) is 16.3 Å². The fraction of sp³-hybridized carbons (Fsp3) is 0.531. The summed E-state index contributed by atoms with van der Waals surface area (Å²) in [7, 11) is 3.34. The Hall–Kier alpha value is -3.01. The average Bonchev–Trinajstić information content (AvgIpc) is 2.95. The van der Waals surface area contributed by atoms with Gasteiger partial charge in [-0.1, -0.05) is 55.6 Å². The lowest BCUT2D eigenvalue weighted by Gasteiger charge is -2.35. The summed E-state index contributed by atoms with van der Waals surface area (Å²) in [6, 6.07) is 11.9. The number of nitrogens with one attached hydrogen (secondary N) is 3. The maximum absolute atomic E-state index is 13.8. The molecule has 2 aromatic carbocycles. The number of carbonyl (C=O) groups excluding carboxylic acids is 3. The minimum atomic E-state index is -0.378. The van der Waals surface area contributed by atoms with Gasteiger partial charge in [-0.15, -0.1) is 0 Å². The summed E-state index contributed by atoms with van der Waals surface area (Å²) in [4.78, 5) is 36.3. The Kier molecular flexibility index (Phi) is 19.1. The predicted molar refractivity (Wildman–Crippen MR) is 168 cm³/mol. The van der Waals surface area contributed by atoms with E-state index in [1.165, 1.54) is 22.6 Å². The van der Waals surface area contributed by atoms with Gasteiger partial charge in [0.05, 0.1) is 19.1 Å². The van der Waals surface area contributed by atoms with E-state index in [1.54, 1.807) is 20.2 Å². The van der Waals surface area contributed by atoms with Crippen LogP contribution >= 0.6 is 11.6 Å². The lowest BCUT2D eigenvalue weighted by molar-refractivity contribution is -0.136. The topological polar surface area (TPSA) is 99.8 Å². The van der Waals surface area contributed by atoms with Crippen LogP contribution in [-0.2, 0) is 20.8 Å². The van der Waals surface area contributed by atoms with Crippen molar-refractivity contribution in [1.29, 1.82) is 0 Å². The second-order valence-electron chi connectivity index (χ2n) is 9.89. The van der Waals surface area contributed by atoms with Gasteiger partial charge in [0.2, 0.25) is 11.8 Å². The smallest absolute Gasteiger partial charge is 0.240 e. The number of nitrogens with zero attached hydrogens (tertiary/aromatic N) is 1. The minimum Gasteiger partial charge on any atom is -0.492 e. The summed E-state index contributed by atoms with van der Waals surface area (Å²) in [6.07, 6.45) is 5.14. The predicted octanol–water partition coefficient (Wildman–Crippen LogP) is 4.56. The summed E-state index contributed by atoms with van der Waals surface area (Å²) in [6.45, 7) is 7.62. The molecule has 3 N–H and O–H groups in total. The maximum atomic E-state index is 13.8. The van der Waals surface area contributed by atoms with Crippen LogP contribution in [0.3, 0.4) is 0 Å². The zero-order chi connectivity index (χ0) is 31.3. The number of aryl methyl sites for hydroxylation is 2. The van der Waals surface area contributed by atoms with E-state index in [2.05, 4.69) is 16.0 Å². The molecule has 1 unspecified atom stereocenters. The van der Waals surface area contributed by atoms with Crippen LogP contribution < -0.4 is 20.7 Å². The Morgan fingerprint density at radius 3 is 2.40 bits per heavy atom. The third-order valence-electron chi connectivity index (χ3n) is 6.66. The van der Waals surface area contributed by atoms with Crippen LogP contribution in [0.5, 0.6) is 5.75 Å². The van der Waals surface area contributed by atoms with E-state index in [1.807, 2.05) is 45.0 Å². The summed E-state index contributed by atoms with van der Waals surface area (Å²) in [5, 5.41) is 9.67. The molecule has 1 fully saturated rings. The number of benzene rings is 2. The van der Waals surface area contributed by atoms with Crippen molar-refractivity contribution in [2.75, 3.05) is 46.9 Å². The van der Waals surface area contributed by atoms with E-state index in [0.717, 1.165) is 36.1 Å². The molecule has 1 atom stereocenters. The van der Waals surface area contributed by atoms with E-state index in [0.29, 0.717) is 31.7 Å². The van der Waals surface area contributed by atoms with Gasteiger partial charge in [0.15, 0.2) is 0 Å². The molecule has 42 heavy (non-hydrogen) atoms. The number of hydrogen-bond acceptors (Lipinski definition) is 6. The van der Waals surface area contributed by atoms with E-state index >= 15 is 0 Å². The molecule has 0 aromatic heterocycles. The summed E-state index contributed by atoms with van der Waals surface area (Å²) < 4.78 is 19.6. The number of amides is 2. The lowest BCUT2D eigenvalue weighted by atomic mass is 9.79. The van der Waals surface area contributed by atoms with Gasteiger partial charge < -0.3 is 30.4 Å². The quantitative estimate of drug-likeness (QED) is 0.203. The molecule has 3 rings (SSSR count).